The Kier molecular flexibility index (Phi) is 3.02. The second kappa shape index (κ2) is 4.33. The average Bonchev–Trinajstić information content (AvgIpc) is 2.85. The Hall–Kier alpha value is -1.62. The van der Waals surface area contributed by atoms with Crippen molar-refractivity contribution in [2.45, 2.75) is 33.2 Å². The zero-order valence-corrected chi connectivity index (χ0v) is 10.6. The molecule has 92 valence electrons. The highest BCUT2D eigenvalue weighted by Crippen LogP contribution is 2.24. The number of nitrogens with zero attached hydrogens (tertiary/aromatic N) is 2. The standard InChI is InChI=1S/C12H17N3O2/c1-5-13-12(3,4)11-14-10(15-17-11)9-8(2)6-7-16-9/h6-7,13H,5H2,1-4H3. The summed E-state index contributed by atoms with van der Waals surface area (Å²) >= 11 is 0. The topological polar surface area (TPSA) is 64.1 Å². The third kappa shape index (κ3) is 2.24. The van der Waals surface area contributed by atoms with Crippen molar-refractivity contribution in [3.63, 3.8) is 0 Å². The summed E-state index contributed by atoms with van der Waals surface area (Å²) in [6, 6.07) is 1.88. The van der Waals surface area contributed by atoms with Gasteiger partial charge in [-0.2, -0.15) is 4.98 Å². The van der Waals surface area contributed by atoms with E-state index in [9.17, 15) is 0 Å². The first kappa shape index (κ1) is 11.9. The number of rotatable bonds is 4. The Labute approximate surface area is 100 Å². The Balaban J connectivity index is 2.31. The molecule has 0 aliphatic heterocycles. The number of nitrogens with one attached hydrogen (secondary N) is 1. The SMILES string of the molecule is CCNC(C)(C)c1nc(-c2occc2C)no1. The van der Waals surface area contributed by atoms with Crippen LogP contribution < -0.4 is 5.32 Å². The summed E-state index contributed by atoms with van der Waals surface area (Å²) < 4.78 is 10.6. The van der Waals surface area contributed by atoms with Crippen molar-refractivity contribution >= 4 is 0 Å². The van der Waals surface area contributed by atoms with Gasteiger partial charge in [0.25, 0.3) is 0 Å². The van der Waals surface area contributed by atoms with Gasteiger partial charge in [-0.3, -0.25) is 0 Å². The van der Waals surface area contributed by atoms with Crippen molar-refractivity contribution in [3.05, 3.63) is 23.8 Å². The molecule has 0 saturated heterocycles. The van der Waals surface area contributed by atoms with Crippen LogP contribution in [0.1, 0.15) is 32.2 Å². The lowest BCUT2D eigenvalue weighted by molar-refractivity contribution is 0.271. The van der Waals surface area contributed by atoms with E-state index in [2.05, 4.69) is 15.5 Å². The lowest BCUT2D eigenvalue weighted by atomic mass is 10.1. The molecule has 2 rings (SSSR count). The van der Waals surface area contributed by atoms with E-state index in [-0.39, 0.29) is 5.54 Å². The second-order valence-electron chi connectivity index (χ2n) is 4.51. The Morgan fingerprint density at radius 3 is 2.76 bits per heavy atom. The molecule has 0 atom stereocenters. The highest BCUT2D eigenvalue weighted by molar-refractivity contribution is 5.51. The molecule has 5 heteroatoms. The highest BCUT2D eigenvalue weighted by Gasteiger charge is 2.27. The van der Waals surface area contributed by atoms with Gasteiger partial charge < -0.3 is 14.3 Å². The first-order valence-corrected chi connectivity index (χ1v) is 5.68. The molecule has 1 N–H and O–H groups in total. The van der Waals surface area contributed by atoms with Crippen LogP contribution in [0.15, 0.2) is 21.3 Å². The molecule has 5 nitrogen and oxygen atoms in total. The number of hydrogen-bond acceptors (Lipinski definition) is 5. The molecular formula is C12H17N3O2. The Bertz CT molecular complexity index is 499. The largest absolute Gasteiger partial charge is 0.461 e. The molecule has 0 amide bonds. The molecule has 0 unspecified atom stereocenters. The van der Waals surface area contributed by atoms with Gasteiger partial charge in [0.2, 0.25) is 11.7 Å². The van der Waals surface area contributed by atoms with Crippen LogP contribution in [0, 0.1) is 6.92 Å². The predicted molar refractivity (Wildman–Crippen MR) is 63.4 cm³/mol. The fraction of sp³-hybridized carbons (Fsp3) is 0.500. The molecule has 2 aromatic rings. The Morgan fingerprint density at radius 1 is 1.41 bits per heavy atom. The van der Waals surface area contributed by atoms with E-state index in [1.807, 2.05) is 33.8 Å². The third-order valence-electron chi connectivity index (χ3n) is 2.64. The van der Waals surface area contributed by atoms with Gasteiger partial charge in [0, 0.05) is 0 Å². The summed E-state index contributed by atoms with van der Waals surface area (Å²) in [5.74, 6) is 1.71. The van der Waals surface area contributed by atoms with Crippen molar-refractivity contribution in [2.24, 2.45) is 0 Å². The van der Waals surface area contributed by atoms with Crippen LogP contribution in [0.5, 0.6) is 0 Å². The van der Waals surface area contributed by atoms with Crippen LogP contribution in [-0.2, 0) is 5.54 Å². The molecule has 0 aliphatic carbocycles. The molecule has 0 radical (unpaired) electrons. The van der Waals surface area contributed by atoms with Gasteiger partial charge in [0.1, 0.15) is 0 Å². The summed E-state index contributed by atoms with van der Waals surface area (Å²) in [6.45, 7) is 8.83. The fourth-order valence-corrected chi connectivity index (χ4v) is 1.69. The van der Waals surface area contributed by atoms with E-state index >= 15 is 0 Å². The van der Waals surface area contributed by atoms with Gasteiger partial charge in [0.15, 0.2) is 5.76 Å². The van der Waals surface area contributed by atoms with E-state index in [1.54, 1.807) is 6.26 Å². The summed E-state index contributed by atoms with van der Waals surface area (Å²) in [5, 5.41) is 7.23. The van der Waals surface area contributed by atoms with Gasteiger partial charge in [-0.25, -0.2) is 0 Å². The van der Waals surface area contributed by atoms with Gasteiger partial charge >= 0.3 is 0 Å². The third-order valence-corrected chi connectivity index (χ3v) is 2.64. The van der Waals surface area contributed by atoms with E-state index in [0.717, 1.165) is 12.1 Å². The zero-order chi connectivity index (χ0) is 12.5. The van der Waals surface area contributed by atoms with Gasteiger partial charge in [-0.1, -0.05) is 12.1 Å². The van der Waals surface area contributed by atoms with Crippen LogP contribution in [0.2, 0.25) is 0 Å². The first-order valence-electron chi connectivity index (χ1n) is 5.68. The average molecular weight is 235 g/mol. The summed E-state index contributed by atoms with van der Waals surface area (Å²) in [5.41, 5.74) is 0.666. The molecule has 0 saturated carbocycles. The quantitative estimate of drug-likeness (QED) is 0.882. The molecule has 17 heavy (non-hydrogen) atoms. The minimum atomic E-state index is -0.333. The van der Waals surface area contributed by atoms with E-state index in [0.29, 0.717) is 17.5 Å². The van der Waals surface area contributed by atoms with Gasteiger partial charge in [0.05, 0.1) is 11.8 Å². The molecule has 0 bridgehead atoms. The molecular weight excluding hydrogens is 218 g/mol. The van der Waals surface area contributed by atoms with E-state index < -0.39 is 0 Å². The minimum Gasteiger partial charge on any atom is -0.461 e. The molecule has 2 aromatic heterocycles. The summed E-state index contributed by atoms with van der Waals surface area (Å²) in [6.07, 6.45) is 1.62. The lowest BCUT2D eigenvalue weighted by Gasteiger charge is -2.20. The molecule has 0 fully saturated rings. The normalized spacial score (nSPS) is 12.0. The van der Waals surface area contributed by atoms with Crippen LogP contribution in [0.25, 0.3) is 11.6 Å². The van der Waals surface area contributed by atoms with Crippen LogP contribution in [0.3, 0.4) is 0 Å². The zero-order valence-electron chi connectivity index (χ0n) is 10.6. The number of aryl methyl sites for hydroxylation is 1. The van der Waals surface area contributed by atoms with Crippen LogP contribution >= 0.6 is 0 Å². The van der Waals surface area contributed by atoms with E-state index in [1.165, 1.54) is 0 Å². The predicted octanol–water partition coefficient (Wildman–Crippen LogP) is 2.48. The van der Waals surface area contributed by atoms with Crippen molar-refractivity contribution in [1.29, 1.82) is 0 Å². The summed E-state index contributed by atoms with van der Waals surface area (Å²) in [4.78, 5) is 4.37. The monoisotopic (exact) mass is 235 g/mol. The van der Waals surface area contributed by atoms with Crippen molar-refractivity contribution in [2.75, 3.05) is 6.54 Å². The van der Waals surface area contributed by atoms with Crippen molar-refractivity contribution < 1.29 is 8.94 Å². The van der Waals surface area contributed by atoms with Crippen molar-refractivity contribution in [3.8, 4) is 11.6 Å². The second-order valence-corrected chi connectivity index (χ2v) is 4.51. The fourth-order valence-electron chi connectivity index (χ4n) is 1.69. The molecule has 2 heterocycles. The van der Waals surface area contributed by atoms with E-state index in [4.69, 9.17) is 8.94 Å². The summed E-state index contributed by atoms with van der Waals surface area (Å²) in [7, 11) is 0. The van der Waals surface area contributed by atoms with Crippen LogP contribution in [-0.4, -0.2) is 16.7 Å². The Morgan fingerprint density at radius 2 is 2.18 bits per heavy atom. The van der Waals surface area contributed by atoms with Gasteiger partial charge in [-0.05, 0) is 38.9 Å². The maximum atomic E-state index is 5.33. The molecule has 0 spiro atoms. The van der Waals surface area contributed by atoms with Crippen molar-refractivity contribution in [1.82, 2.24) is 15.5 Å². The number of aromatic nitrogens is 2. The first-order chi connectivity index (χ1) is 8.04. The number of furan rings is 1. The van der Waals surface area contributed by atoms with Crippen LogP contribution in [0.4, 0.5) is 0 Å². The maximum Gasteiger partial charge on any atom is 0.246 e. The van der Waals surface area contributed by atoms with Gasteiger partial charge in [-0.15, -0.1) is 0 Å². The molecule has 0 aromatic carbocycles. The molecule has 0 aliphatic rings. The highest BCUT2D eigenvalue weighted by atomic mass is 16.5. The minimum absolute atomic E-state index is 0.333. The maximum absolute atomic E-state index is 5.33. The smallest absolute Gasteiger partial charge is 0.246 e. The lowest BCUT2D eigenvalue weighted by Crippen LogP contribution is -2.36. The number of hydrogen-bond donors (Lipinski definition) is 1.